The van der Waals surface area contributed by atoms with Gasteiger partial charge in [-0.15, -0.1) is 0 Å². The topological polar surface area (TPSA) is 78.6 Å². The summed E-state index contributed by atoms with van der Waals surface area (Å²) in [4.78, 5) is 0. The number of methoxy groups -OCH3 is 1. The minimum atomic E-state index is -2.86. The van der Waals surface area contributed by atoms with Gasteiger partial charge in [-0.3, -0.25) is 0 Å². The number of hydrogen-bond acceptors (Lipinski definition) is 5. The first-order valence-electron chi connectivity index (χ1n) is 5.54. The molecule has 16 heavy (non-hydrogen) atoms. The fourth-order valence-electron chi connectivity index (χ4n) is 1.17. The van der Waals surface area contributed by atoms with Crippen LogP contribution in [0.3, 0.4) is 0 Å². The lowest BCUT2D eigenvalue weighted by molar-refractivity contribution is 0.0626. The fourth-order valence-corrected chi connectivity index (χ4v) is 2.07. The molecule has 0 aromatic rings. The number of ether oxygens (including phenoxy) is 2. The van der Waals surface area contributed by atoms with Crippen LogP contribution < -0.4 is 5.73 Å². The van der Waals surface area contributed by atoms with E-state index in [9.17, 15) is 8.42 Å². The van der Waals surface area contributed by atoms with Crippen molar-refractivity contribution in [2.45, 2.75) is 25.8 Å². The summed E-state index contributed by atoms with van der Waals surface area (Å²) in [6, 6.07) is -0.0936. The van der Waals surface area contributed by atoms with Crippen molar-refractivity contribution in [3.05, 3.63) is 0 Å². The van der Waals surface area contributed by atoms with Gasteiger partial charge >= 0.3 is 0 Å². The van der Waals surface area contributed by atoms with E-state index in [1.807, 2.05) is 0 Å². The molecule has 0 aliphatic heterocycles. The van der Waals surface area contributed by atoms with Gasteiger partial charge in [0.05, 0.1) is 25.6 Å². The van der Waals surface area contributed by atoms with Gasteiger partial charge in [0.2, 0.25) is 0 Å². The Kier molecular flexibility index (Phi) is 8.83. The third kappa shape index (κ3) is 9.08. The first-order chi connectivity index (χ1) is 7.52. The van der Waals surface area contributed by atoms with Crippen LogP contribution in [0.25, 0.3) is 0 Å². The van der Waals surface area contributed by atoms with E-state index in [2.05, 4.69) is 0 Å². The van der Waals surface area contributed by atoms with Crippen LogP contribution in [0.2, 0.25) is 0 Å². The molecule has 1 unspecified atom stereocenters. The maximum Gasteiger partial charge on any atom is 0.150 e. The standard InChI is InChI=1S/C10H23NO4S/c1-3-16(12,13)8-4-5-10(11)9-15-7-6-14-2/h10H,3-9,11H2,1-2H3. The zero-order valence-electron chi connectivity index (χ0n) is 10.1. The molecule has 98 valence electrons. The van der Waals surface area contributed by atoms with Crippen molar-refractivity contribution in [1.29, 1.82) is 0 Å². The maximum atomic E-state index is 11.2. The molecule has 2 N–H and O–H groups in total. The lowest BCUT2D eigenvalue weighted by Crippen LogP contribution is -2.27. The molecule has 0 aromatic heterocycles. The summed E-state index contributed by atoms with van der Waals surface area (Å²) in [5.41, 5.74) is 5.77. The van der Waals surface area contributed by atoms with Gasteiger partial charge in [-0.2, -0.15) is 0 Å². The molecule has 0 aromatic carbocycles. The number of hydrogen-bond donors (Lipinski definition) is 1. The van der Waals surface area contributed by atoms with Crippen LogP contribution in [-0.2, 0) is 19.3 Å². The molecule has 1 atom stereocenters. The van der Waals surface area contributed by atoms with Crippen LogP contribution >= 0.6 is 0 Å². The summed E-state index contributed by atoms with van der Waals surface area (Å²) in [6.07, 6.45) is 1.27. The van der Waals surface area contributed by atoms with Crippen molar-refractivity contribution in [3.63, 3.8) is 0 Å². The van der Waals surface area contributed by atoms with E-state index in [0.717, 1.165) is 0 Å². The molecule has 0 bridgehead atoms. The first-order valence-corrected chi connectivity index (χ1v) is 7.36. The Labute approximate surface area is 98.2 Å². The van der Waals surface area contributed by atoms with Crippen LogP contribution in [0.15, 0.2) is 0 Å². The number of nitrogens with two attached hydrogens (primary N) is 1. The van der Waals surface area contributed by atoms with Gasteiger partial charge in [0.1, 0.15) is 9.84 Å². The molecule has 0 aliphatic carbocycles. The van der Waals surface area contributed by atoms with E-state index in [1.165, 1.54) is 0 Å². The highest BCUT2D eigenvalue weighted by Gasteiger charge is 2.09. The summed E-state index contributed by atoms with van der Waals surface area (Å²) in [7, 11) is -1.25. The highest BCUT2D eigenvalue weighted by atomic mass is 32.2. The van der Waals surface area contributed by atoms with Gasteiger partial charge in [-0.1, -0.05) is 6.92 Å². The van der Waals surface area contributed by atoms with Gasteiger partial charge in [0.15, 0.2) is 0 Å². The summed E-state index contributed by atoms with van der Waals surface area (Å²) < 4.78 is 32.4. The molecule has 5 nitrogen and oxygen atoms in total. The van der Waals surface area contributed by atoms with Crippen LogP contribution in [0.5, 0.6) is 0 Å². The highest BCUT2D eigenvalue weighted by Crippen LogP contribution is 2.00. The smallest absolute Gasteiger partial charge is 0.150 e. The Balaban J connectivity index is 3.47. The predicted octanol–water partition coefficient (Wildman–Crippen LogP) is 0.192. The molecule has 0 saturated carbocycles. The summed E-state index contributed by atoms with van der Waals surface area (Å²) in [6.45, 7) is 3.19. The third-order valence-electron chi connectivity index (χ3n) is 2.23. The van der Waals surface area contributed by atoms with E-state index in [-0.39, 0.29) is 17.5 Å². The molecule has 0 heterocycles. The second-order valence-electron chi connectivity index (χ2n) is 3.71. The second kappa shape index (κ2) is 8.92. The Morgan fingerprint density at radius 3 is 2.56 bits per heavy atom. The van der Waals surface area contributed by atoms with Crippen LogP contribution in [0.1, 0.15) is 19.8 Å². The largest absolute Gasteiger partial charge is 0.382 e. The molecule has 0 amide bonds. The van der Waals surface area contributed by atoms with Crippen molar-refractivity contribution < 1.29 is 17.9 Å². The van der Waals surface area contributed by atoms with Gasteiger partial charge in [0, 0.05) is 18.9 Å². The summed E-state index contributed by atoms with van der Waals surface area (Å²) in [5.74, 6) is 0.419. The van der Waals surface area contributed by atoms with Crippen molar-refractivity contribution in [3.8, 4) is 0 Å². The van der Waals surface area contributed by atoms with Crippen LogP contribution in [0, 0.1) is 0 Å². The fraction of sp³-hybridized carbons (Fsp3) is 1.00. The molecule has 0 spiro atoms. The Morgan fingerprint density at radius 2 is 2.00 bits per heavy atom. The SMILES string of the molecule is CCS(=O)(=O)CCCC(N)COCCOC. The second-order valence-corrected chi connectivity index (χ2v) is 6.18. The van der Waals surface area contributed by atoms with Crippen LogP contribution in [0.4, 0.5) is 0 Å². The molecule has 0 radical (unpaired) electrons. The van der Waals surface area contributed by atoms with Crippen molar-refractivity contribution in [2.24, 2.45) is 5.73 Å². The van der Waals surface area contributed by atoms with E-state index < -0.39 is 9.84 Å². The molecule has 6 heteroatoms. The molecule has 0 rings (SSSR count). The minimum Gasteiger partial charge on any atom is -0.382 e. The van der Waals surface area contributed by atoms with Crippen LogP contribution in [-0.4, -0.2) is 52.9 Å². The monoisotopic (exact) mass is 253 g/mol. The third-order valence-corrected chi connectivity index (χ3v) is 4.02. The minimum absolute atomic E-state index is 0.0936. The molecule has 0 fully saturated rings. The van der Waals surface area contributed by atoms with Crippen molar-refractivity contribution >= 4 is 9.84 Å². The average Bonchev–Trinajstić information content (AvgIpc) is 2.24. The Hall–Kier alpha value is -0.170. The van der Waals surface area contributed by atoms with E-state index in [1.54, 1.807) is 14.0 Å². The lowest BCUT2D eigenvalue weighted by Gasteiger charge is -2.11. The Bertz CT molecular complexity index is 254. The van der Waals surface area contributed by atoms with Crippen molar-refractivity contribution in [1.82, 2.24) is 0 Å². The average molecular weight is 253 g/mol. The summed E-state index contributed by atoms with van der Waals surface area (Å²) >= 11 is 0. The highest BCUT2D eigenvalue weighted by molar-refractivity contribution is 7.91. The van der Waals surface area contributed by atoms with Crippen molar-refractivity contribution in [2.75, 3.05) is 38.4 Å². The van der Waals surface area contributed by atoms with Gasteiger partial charge in [-0.25, -0.2) is 8.42 Å². The molecular weight excluding hydrogens is 230 g/mol. The molecule has 0 saturated heterocycles. The first kappa shape index (κ1) is 15.8. The quantitative estimate of drug-likeness (QED) is 0.562. The van der Waals surface area contributed by atoms with Gasteiger partial charge < -0.3 is 15.2 Å². The number of sulfone groups is 1. The molecular formula is C10H23NO4S. The van der Waals surface area contributed by atoms with Gasteiger partial charge in [-0.05, 0) is 12.8 Å². The van der Waals surface area contributed by atoms with E-state index in [4.69, 9.17) is 15.2 Å². The van der Waals surface area contributed by atoms with E-state index in [0.29, 0.717) is 32.7 Å². The van der Waals surface area contributed by atoms with E-state index >= 15 is 0 Å². The normalized spacial score (nSPS) is 13.9. The number of rotatable bonds is 10. The lowest BCUT2D eigenvalue weighted by atomic mass is 10.2. The van der Waals surface area contributed by atoms with Gasteiger partial charge in [0.25, 0.3) is 0 Å². The Morgan fingerprint density at radius 1 is 1.31 bits per heavy atom. The molecule has 0 aliphatic rings. The maximum absolute atomic E-state index is 11.2. The zero-order valence-corrected chi connectivity index (χ0v) is 11.0. The predicted molar refractivity (Wildman–Crippen MR) is 64.2 cm³/mol. The summed E-state index contributed by atoms with van der Waals surface area (Å²) in [5, 5.41) is 0. The zero-order chi connectivity index (χ0) is 12.4.